The van der Waals surface area contributed by atoms with E-state index in [4.69, 9.17) is 0 Å². The highest BCUT2D eigenvalue weighted by molar-refractivity contribution is 5.48. The molecule has 1 aromatic rings. The molecule has 1 nitrogen and oxygen atoms in total. The molecule has 0 spiro atoms. The number of fused-ring (bicyclic) bond motifs is 5. The van der Waals surface area contributed by atoms with Crippen LogP contribution in [0.4, 0.5) is 17.6 Å². The van der Waals surface area contributed by atoms with E-state index in [1.54, 1.807) is 17.1 Å². The van der Waals surface area contributed by atoms with Crippen molar-refractivity contribution in [3.8, 4) is 0 Å². The SMILES string of the molecule is CCN1C2C=CC1c1c(F)c(F)c(F)c(F)c12. The van der Waals surface area contributed by atoms with Gasteiger partial charge in [0.1, 0.15) is 0 Å². The second-order valence-electron chi connectivity index (χ2n) is 4.19. The van der Waals surface area contributed by atoms with Crippen LogP contribution in [0.25, 0.3) is 0 Å². The lowest BCUT2D eigenvalue weighted by molar-refractivity contribution is 0.249. The summed E-state index contributed by atoms with van der Waals surface area (Å²) in [6, 6.07) is -0.964. The van der Waals surface area contributed by atoms with Crippen LogP contribution < -0.4 is 0 Å². The van der Waals surface area contributed by atoms with E-state index in [0.29, 0.717) is 6.54 Å². The van der Waals surface area contributed by atoms with Gasteiger partial charge in [-0.3, -0.25) is 4.90 Å². The van der Waals surface area contributed by atoms with Gasteiger partial charge in [0, 0.05) is 11.1 Å². The Morgan fingerprint density at radius 3 is 1.65 bits per heavy atom. The molecule has 17 heavy (non-hydrogen) atoms. The molecule has 2 aliphatic rings. The zero-order valence-electron chi connectivity index (χ0n) is 8.98. The largest absolute Gasteiger partial charge is 0.282 e. The van der Waals surface area contributed by atoms with E-state index in [9.17, 15) is 17.6 Å². The summed E-state index contributed by atoms with van der Waals surface area (Å²) in [6.45, 7) is 2.39. The van der Waals surface area contributed by atoms with E-state index >= 15 is 0 Å². The van der Waals surface area contributed by atoms with Crippen molar-refractivity contribution in [2.24, 2.45) is 0 Å². The minimum atomic E-state index is -1.72. The third-order valence-corrected chi connectivity index (χ3v) is 3.49. The van der Waals surface area contributed by atoms with Crippen LogP contribution in [0.3, 0.4) is 0 Å². The van der Waals surface area contributed by atoms with Gasteiger partial charge in [-0.2, -0.15) is 0 Å². The van der Waals surface area contributed by atoms with Crippen LogP contribution in [-0.2, 0) is 0 Å². The summed E-state index contributed by atoms with van der Waals surface area (Å²) in [6.07, 6.45) is 3.38. The molecule has 0 N–H and O–H groups in total. The van der Waals surface area contributed by atoms with Crippen LogP contribution >= 0.6 is 0 Å². The van der Waals surface area contributed by atoms with Gasteiger partial charge in [0.2, 0.25) is 0 Å². The number of nitrogens with zero attached hydrogens (tertiary/aromatic N) is 1. The van der Waals surface area contributed by atoms with Crippen molar-refractivity contribution in [1.82, 2.24) is 4.90 Å². The van der Waals surface area contributed by atoms with Gasteiger partial charge >= 0.3 is 0 Å². The molecule has 0 saturated heterocycles. The predicted octanol–water partition coefficient (Wildman–Crippen LogP) is 3.23. The molecule has 2 bridgehead atoms. The molecule has 5 heteroatoms. The highest BCUT2D eigenvalue weighted by Gasteiger charge is 2.45. The molecule has 0 amide bonds. The third-order valence-electron chi connectivity index (χ3n) is 3.49. The quantitative estimate of drug-likeness (QED) is 0.317. The summed E-state index contributed by atoms with van der Waals surface area (Å²) in [5.41, 5.74) is -0.119. The summed E-state index contributed by atoms with van der Waals surface area (Å²) in [5, 5.41) is 0. The number of rotatable bonds is 1. The Bertz CT molecular complexity index is 493. The van der Waals surface area contributed by atoms with Gasteiger partial charge in [0.05, 0.1) is 12.1 Å². The predicted molar refractivity (Wildman–Crippen MR) is 53.3 cm³/mol. The fourth-order valence-electron chi connectivity index (χ4n) is 2.77. The highest BCUT2D eigenvalue weighted by Crippen LogP contribution is 2.50. The maximum absolute atomic E-state index is 13.7. The van der Waals surface area contributed by atoms with Crippen LogP contribution in [0.1, 0.15) is 30.1 Å². The van der Waals surface area contributed by atoms with Gasteiger partial charge in [-0.1, -0.05) is 19.1 Å². The molecule has 2 aliphatic heterocycles. The summed E-state index contributed by atoms with van der Waals surface area (Å²) < 4.78 is 53.7. The average Bonchev–Trinajstić information content (AvgIpc) is 2.88. The molecule has 0 aromatic heterocycles. The Morgan fingerprint density at radius 1 is 0.882 bits per heavy atom. The Morgan fingerprint density at radius 2 is 1.29 bits per heavy atom. The molecular weight excluding hydrogens is 234 g/mol. The Labute approximate surface area is 95.3 Å². The topological polar surface area (TPSA) is 3.24 Å². The first-order valence-corrected chi connectivity index (χ1v) is 5.37. The van der Waals surface area contributed by atoms with Crippen molar-refractivity contribution >= 4 is 0 Å². The molecular formula is C12H9F4N. The second kappa shape index (κ2) is 3.32. The molecule has 2 unspecified atom stereocenters. The second-order valence-corrected chi connectivity index (χ2v) is 4.19. The molecule has 0 fully saturated rings. The summed E-state index contributed by atoms with van der Waals surface area (Å²) in [4.78, 5) is 1.79. The summed E-state index contributed by atoms with van der Waals surface area (Å²) in [5.74, 6) is -5.99. The van der Waals surface area contributed by atoms with Gasteiger partial charge < -0.3 is 0 Å². The third kappa shape index (κ3) is 1.12. The molecule has 2 atom stereocenters. The van der Waals surface area contributed by atoms with Crippen molar-refractivity contribution in [2.45, 2.75) is 19.0 Å². The van der Waals surface area contributed by atoms with Crippen molar-refractivity contribution in [1.29, 1.82) is 0 Å². The van der Waals surface area contributed by atoms with Crippen LogP contribution in [-0.4, -0.2) is 11.4 Å². The maximum atomic E-state index is 13.7. The molecule has 0 radical (unpaired) electrons. The first-order valence-electron chi connectivity index (χ1n) is 5.37. The van der Waals surface area contributed by atoms with Crippen molar-refractivity contribution in [2.75, 3.05) is 6.54 Å². The van der Waals surface area contributed by atoms with Gasteiger partial charge in [-0.25, -0.2) is 17.6 Å². The lowest BCUT2D eigenvalue weighted by Crippen LogP contribution is -2.19. The van der Waals surface area contributed by atoms with Crippen LogP contribution in [0.2, 0.25) is 0 Å². The molecule has 2 heterocycles. The monoisotopic (exact) mass is 243 g/mol. The first-order chi connectivity index (χ1) is 8.07. The van der Waals surface area contributed by atoms with Crippen LogP contribution in [0, 0.1) is 23.3 Å². The molecule has 0 aliphatic carbocycles. The number of hydrogen-bond acceptors (Lipinski definition) is 1. The Kier molecular flexibility index (Phi) is 2.10. The van der Waals surface area contributed by atoms with Crippen LogP contribution in [0.15, 0.2) is 12.2 Å². The zero-order chi connectivity index (χ0) is 12.3. The lowest BCUT2D eigenvalue weighted by atomic mass is 9.95. The molecule has 0 saturated carbocycles. The fraction of sp³-hybridized carbons (Fsp3) is 0.333. The van der Waals surface area contributed by atoms with E-state index in [2.05, 4.69) is 0 Å². The summed E-state index contributed by atoms with van der Waals surface area (Å²) >= 11 is 0. The molecule has 1 aromatic carbocycles. The van der Waals surface area contributed by atoms with Gasteiger partial charge in [-0.15, -0.1) is 0 Å². The maximum Gasteiger partial charge on any atom is 0.197 e. The number of benzene rings is 1. The van der Waals surface area contributed by atoms with E-state index in [1.807, 2.05) is 6.92 Å². The van der Waals surface area contributed by atoms with Gasteiger partial charge in [0.25, 0.3) is 0 Å². The highest BCUT2D eigenvalue weighted by atomic mass is 19.2. The van der Waals surface area contributed by atoms with Crippen molar-refractivity contribution in [3.63, 3.8) is 0 Å². The van der Waals surface area contributed by atoms with Crippen LogP contribution in [0.5, 0.6) is 0 Å². The minimum absolute atomic E-state index is 0.0595. The van der Waals surface area contributed by atoms with E-state index < -0.39 is 35.4 Å². The lowest BCUT2D eigenvalue weighted by Gasteiger charge is -2.19. The normalized spacial score (nSPS) is 25.7. The van der Waals surface area contributed by atoms with E-state index in [-0.39, 0.29) is 11.1 Å². The van der Waals surface area contributed by atoms with E-state index in [1.165, 1.54) is 0 Å². The number of halogens is 4. The number of hydrogen-bond donors (Lipinski definition) is 0. The smallest absolute Gasteiger partial charge is 0.197 e. The minimum Gasteiger partial charge on any atom is -0.282 e. The van der Waals surface area contributed by atoms with E-state index in [0.717, 1.165) is 0 Å². The van der Waals surface area contributed by atoms with Crippen molar-refractivity contribution < 1.29 is 17.6 Å². The fourth-order valence-corrected chi connectivity index (χ4v) is 2.77. The van der Waals surface area contributed by atoms with Gasteiger partial charge in [0.15, 0.2) is 23.3 Å². The van der Waals surface area contributed by atoms with Gasteiger partial charge in [-0.05, 0) is 6.54 Å². The Balaban J connectivity index is 2.31. The summed E-state index contributed by atoms with van der Waals surface area (Å²) in [7, 11) is 0. The standard InChI is InChI=1S/C12H9F4N/c1-2-17-5-3-4-6(17)8-7(5)9(13)11(15)12(16)10(8)14/h3-6H,2H2,1H3. The number of likely N-dealkylation sites (N-methyl/N-ethyl adjacent to an activating group) is 1. The molecule has 3 rings (SSSR count). The van der Waals surface area contributed by atoms with Crippen molar-refractivity contribution in [3.05, 3.63) is 46.5 Å². The average molecular weight is 243 g/mol. The molecule has 90 valence electrons. The Hall–Kier alpha value is -1.36. The first kappa shape index (κ1) is 10.8. The zero-order valence-corrected chi connectivity index (χ0v) is 8.98.